The fourth-order valence-corrected chi connectivity index (χ4v) is 3.60. The quantitative estimate of drug-likeness (QED) is 0.672. The van der Waals surface area contributed by atoms with Gasteiger partial charge in [0.15, 0.2) is 5.65 Å². The molecule has 4 heterocycles. The van der Waals surface area contributed by atoms with E-state index < -0.39 is 18.4 Å². The summed E-state index contributed by atoms with van der Waals surface area (Å²) < 4.78 is 21.7. The lowest BCUT2D eigenvalue weighted by Crippen LogP contribution is -2.42. The number of fused-ring (bicyclic) bond motifs is 1. The Labute approximate surface area is 168 Å². The zero-order chi connectivity index (χ0) is 20.6. The van der Waals surface area contributed by atoms with Crippen LogP contribution < -0.4 is 0 Å². The van der Waals surface area contributed by atoms with E-state index in [0.717, 1.165) is 35.2 Å². The number of aryl methyl sites for hydroxylation is 1. The molecule has 0 saturated carbocycles. The van der Waals surface area contributed by atoms with E-state index in [1.807, 2.05) is 31.8 Å². The minimum atomic E-state index is -1.09. The zero-order valence-corrected chi connectivity index (χ0v) is 16.9. The van der Waals surface area contributed by atoms with E-state index in [0.29, 0.717) is 13.1 Å². The monoisotopic (exact) mass is 400 g/mol. The first kappa shape index (κ1) is 19.4. The minimum Gasteiger partial charge on any atom is -0.441 e. The Hall–Kier alpha value is -2.97. The third-order valence-electron chi connectivity index (χ3n) is 5.30. The number of amides is 1. The first-order valence-electron chi connectivity index (χ1n) is 9.72. The largest absolute Gasteiger partial charge is 0.441 e. The molecule has 0 unspecified atom stereocenters. The summed E-state index contributed by atoms with van der Waals surface area (Å²) in [5, 5.41) is 8.68. The number of carbonyl (C=O) groups is 1. The fraction of sp³-hybridized carbons (Fsp3) is 0.500. The van der Waals surface area contributed by atoms with Gasteiger partial charge >= 0.3 is 6.09 Å². The molecule has 0 spiro atoms. The van der Waals surface area contributed by atoms with Crippen LogP contribution in [0.2, 0.25) is 0 Å². The van der Waals surface area contributed by atoms with Crippen LogP contribution >= 0.6 is 0 Å². The molecule has 1 amide bonds. The molecule has 0 bridgehead atoms. The van der Waals surface area contributed by atoms with E-state index in [9.17, 15) is 9.18 Å². The molecule has 0 atom stereocenters. The Bertz CT molecular complexity index is 1020. The average Bonchev–Trinajstić information content (AvgIpc) is 3.33. The summed E-state index contributed by atoms with van der Waals surface area (Å²) in [6.45, 7) is 3.57. The molecule has 8 nitrogen and oxygen atoms in total. The third-order valence-corrected chi connectivity index (χ3v) is 5.30. The summed E-state index contributed by atoms with van der Waals surface area (Å²) in [6, 6.07) is 0. The van der Waals surface area contributed by atoms with Gasteiger partial charge in [0.1, 0.15) is 12.3 Å². The third kappa shape index (κ3) is 3.94. The van der Waals surface area contributed by atoms with Crippen LogP contribution in [0.1, 0.15) is 38.2 Å². The second kappa shape index (κ2) is 7.46. The zero-order valence-electron chi connectivity index (χ0n) is 16.9. The predicted molar refractivity (Wildman–Crippen MR) is 105 cm³/mol. The predicted octanol–water partition coefficient (Wildman–Crippen LogP) is 3.19. The van der Waals surface area contributed by atoms with E-state index in [1.54, 1.807) is 34.1 Å². The Morgan fingerprint density at radius 3 is 2.55 bits per heavy atom. The number of rotatable bonds is 4. The molecule has 3 aromatic rings. The van der Waals surface area contributed by atoms with Crippen LogP contribution in [0.3, 0.4) is 0 Å². The lowest BCUT2D eigenvalue weighted by Gasteiger charge is -2.33. The second-order valence-corrected chi connectivity index (χ2v) is 8.14. The second-order valence-electron chi connectivity index (χ2n) is 8.14. The lowest BCUT2D eigenvalue weighted by atomic mass is 9.91. The molecule has 4 rings (SSSR count). The van der Waals surface area contributed by atoms with Crippen molar-refractivity contribution in [2.45, 2.75) is 38.2 Å². The maximum absolute atomic E-state index is 12.9. The van der Waals surface area contributed by atoms with E-state index >= 15 is 0 Å². The molecule has 1 fully saturated rings. The van der Waals surface area contributed by atoms with Crippen molar-refractivity contribution in [3.8, 4) is 11.1 Å². The van der Waals surface area contributed by atoms with Crippen LogP contribution in [0.25, 0.3) is 16.8 Å². The minimum absolute atomic E-state index is 0.266. The highest BCUT2D eigenvalue weighted by atomic mass is 19.1. The van der Waals surface area contributed by atoms with Gasteiger partial charge in [0.2, 0.25) is 0 Å². The standard InChI is InChI=1S/C20H25FN6O2/c1-20(2,13-21)29-19(28)26-6-4-14(5-7-26)17-10-24-27-12-15(8-22-18(17)27)16-9-23-25(3)11-16/h8-12,14H,4-7,13H2,1-3H3. The summed E-state index contributed by atoms with van der Waals surface area (Å²) in [5.41, 5.74) is 2.76. The highest BCUT2D eigenvalue weighted by Gasteiger charge is 2.30. The maximum Gasteiger partial charge on any atom is 0.410 e. The van der Waals surface area contributed by atoms with Crippen molar-refractivity contribution in [1.29, 1.82) is 0 Å². The Morgan fingerprint density at radius 2 is 1.90 bits per heavy atom. The Morgan fingerprint density at radius 1 is 1.17 bits per heavy atom. The number of piperidine rings is 1. The van der Waals surface area contributed by atoms with Crippen LogP contribution in [0.5, 0.6) is 0 Å². The van der Waals surface area contributed by atoms with Crippen molar-refractivity contribution in [2.24, 2.45) is 7.05 Å². The first-order valence-corrected chi connectivity index (χ1v) is 9.72. The lowest BCUT2D eigenvalue weighted by molar-refractivity contribution is -0.00423. The average molecular weight is 400 g/mol. The van der Waals surface area contributed by atoms with Crippen LogP contribution in [-0.2, 0) is 11.8 Å². The molecule has 1 saturated heterocycles. The van der Waals surface area contributed by atoms with Crippen molar-refractivity contribution in [1.82, 2.24) is 29.3 Å². The SMILES string of the molecule is Cn1cc(-c2cnc3c(C4CCN(C(=O)OC(C)(C)CF)CC4)cnn3c2)cn1. The van der Waals surface area contributed by atoms with E-state index in [2.05, 4.69) is 15.2 Å². The van der Waals surface area contributed by atoms with Gasteiger partial charge in [-0.2, -0.15) is 10.2 Å². The van der Waals surface area contributed by atoms with E-state index in [4.69, 9.17) is 4.74 Å². The van der Waals surface area contributed by atoms with Crippen LogP contribution in [0, 0.1) is 0 Å². The van der Waals surface area contributed by atoms with Gasteiger partial charge in [-0.25, -0.2) is 18.7 Å². The number of nitrogens with zero attached hydrogens (tertiary/aromatic N) is 6. The van der Waals surface area contributed by atoms with Gasteiger partial charge in [0.05, 0.1) is 12.4 Å². The normalized spacial score (nSPS) is 15.8. The van der Waals surface area contributed by atoms with Gasteiger partial charge in [0, 0.05) is 55.4 Å². The van der Waals surface area contributed by atoms with Gasteiger partial charge < -0.3 is 9.64 Å². The number of likely N-dealkylation sites (tertiary alicyclic amines) is 1. The smallest absolute Gasteiger partial charge is 0.410 e. The van der Waals surface area contributed by atoms with Gasteiger partial charge in [-0.3, -0.25) is 4.68 Å². The summed E-state index contributed by atoms with van der Waals surface area (Å²) >= 11 is 0. The van der Waals surface area contributed by atoms with Crippen molar-refractivity contribution in [3.63, 3.8) is 0 Å². The number of hydrogen-bond donors (Lipinski definition) is 0. The number of aromatic nitrogens is 5. The molecule has 29 heavy (non-hydrogen) atoms. The fourth-order valence-electron chi connectivity index (χ4n) is 3.60. The van der Waals surface area contributed by atoms with Crippen LogP contribution in [0.4, 0.5) is 9.18 Å². The van der Waals surface area contributed by atoms with Crippen molar-refractivity contribution in [2.75, 3.05) is 19.8 Å². The van der Waals surface area contributed by atoms with E-state index in [-0.39, 0.29) is 5.92 Å². The summed E-state index contributed by atoms with van der Waals surface area (Å²) in [7, 11) is 1.88. The maximum atomic E-state index is 12.9. The van der Waals surface area contributed by atoms with Crippen LogP contribution in [-0.4, -0.2) is 60.7 Å². The van der Waals surface area contributed by atoms with Gasteiger partial charge in [-0.05, 0) is 32.6 Å². The molecule has 3 aromatic heterocycles. The van der Waals surface area contributed by atoms with Crippen LogP contribution in [0.15, 0.2) is 31.0 Å². The number of carbonyl (C=O) groups excluding carboxylic acids is 1. The molecule has 0 radical (unpaired) electrons. The summed E-state index contributed by atoms with van der Waals surface area (Å²) in [5.74, 6) is 0.266. The van der Waals surface area contributed by atoms with Crippen molar-refractivity contribution < 1.29 is 13.9 Å². The molecule has 0 N–H and O–H groups in total. The molecule has 0 aliphatic carbocycles. The van der Waals surface area contributed by atoms with E-state index in [1.165, 1.54) is 0 Å². The highest BCUT2D eigenvalue weighted by molar-refractivity contribution is 5.68. The van der Waals surface area contributed by atoms with Gasteiger partial charge in [-0.1, -0.05) is 0 Å². The molecule has 1 aliphatic rings. The topological polar surface area (TPSA) is 77.5 Å². The molecule has 154 valence electrons. The summed E-state index contributed by atoms with van der Waals surface area (Å²) in [6.07, 6.45) is 10.5. The Balaban J connectivity index is 1.45. The first-order chi connectivity index (χ1) is 13.9. The molecule has 0 aromatic carbocycles. The molecular weight excluding hydrogens is 375 g/mol. The van der Waals surface area contributed by atoms with Gasteiger partial charge in [-0.15, -0.1) is 0 Å². The summed E-state index contributed by atoms with van der Waals surface area (Å²) in [4.78, 5) is 18.5. The number of halogens is 1. The number of ether oxygens (including phenoxy) is 1. The number of alkyl halides is 1. The van der Waals surface area contributed by atoms with Gasteiger partial charge in [0.25, 0.3) is 0 Å². The van der Waals surface area contributed by atoms with Crippen molar-refractivity contribution in [3.05, 3.63) is 36.5 Å². The van der Waals surface area contributed by atoms with Crippen molar-refractivity contribution >= 4 is 11.7 Å². The molecular formula is C20H25FN6O2. The molecule has 1 aliphatic heterocycles. The highest BCUT2D eigenvalue weighted by Crippen LogP contribution is 2.31. The number of hydrogen-bond acceptors (Lipinski definition) is 5. The molecule has 9 heteroatoms. The Kier molecular flexibility index (Phi) is 4.97.